The Morgan fingerprint density at radius 2 is 1.91 bits per heavy atom. The maximum absolute atomic E-state index is 12.4. The van der Waals surface area contributed by atoms with Crippen molar-refractivity contribution in [3.63, 3.8) is 0 Å². The summed E-state index contributed by atoms with van der Waals surface area (Å²) < 4.78 is 27.6. The summed E-state index contributed by atoms with van der Waals surface area (Å²) in [5, 5.41) is 3.20. The summed E-state index contributed by atoms with van der Waals surface area (Å²) in [4.78, 5) is 13.5. The second-order valence-electron chi connectivity index (χ2n) is 5.92. The normalized spacial score (nSPS) is 22.3. The van der Waals surface area contributed by atoms with E-state index in [-0.39, 0.29) is 16.8 Å². The first-order valence-corrected chi connectivity index (χ1v) is 8.84. The van der Waals surface area contributed by atoms with Crippen molar-refractivity contribution in [1.29, 1.82) is 0 Å². The van der Waals surface area contributed by atoms with Crippen LogP contribution in [0.15, 0.2) is 29.2 Å². The molecule has 0 aromatic heterocycles. The molecule has 0 saturated carbocycles. The van der Waals surface area contributed by atoms with E-state index in [0.717, 1.165) is 13.0 Å². The lowest BCUT2D eigenvalue weighted by Crippen LogP contribution is -2.50. The first-order chi connectivity index (χ1) is 10.3. The van der Waals surface area contributed by atoms with Crippen LogP contribution in [0.5, 0.6) is 0 Å². The Kier molecular flexibility index (Phi) is 5.20. The van der Waals surface area contributed by atoms with Gasteiger partial charge in [-0.2, -0.15) is 0 Å². The van der Waals surface area contributed by atoms with Gasteiger partial charge in [0.25, 0.3) is 5.91 Å². The molecule has 2 atom stereocenters. The van der Waals surface area contributed by atoms with E-state index < -0.39 is 10.0 Å². The van der Waals surface area contributed by atoms with E-state index in [4.69, 9.17) is 0 Å². The highest BCUT2D eigenvalue weighted by atomic mass is 32.2. The number of sulfonamides is 1. The zero-order chi connectivity index (χ0) is 16.3. The van der Waals surface area contributed by atoms with Crippen LogP contribution in [0.25, 0.3) is 0 Å². The molecule has 1 saturated heterocycles. The highest BCUT2D eigenvalue weighted by molar-refractivity contribution is 7.89. The zero-order valence-corrected chi connectivity index (χ0v) is 14.0. The van der Waals surface area contributed by atoms with Gasteiger partial charge in [-0.15, -0.1) is 0 Å². The lowest BCUT2D eigenvalue weighted by molar-refractivity contribution is 0.0827. The Balaban J connectivity index is 2.14. The molecule has 2 N–H and O–H groups in total. The number of carbonyl (C=O) groups is 1. The molecule has 1 aliphatic rings. The molecule has 1 aliphatic heterocycles. The largest absolute Gasteiger partial charge is 0.345 e. The standard InChI is InChI=1S/C15H23N3O3S/c1-11-8-9-16-10-14(11)17-22(20,21)13-6-4-12(5-7-13)15(19)18(2)3/h4-7,11,14,16-17H,8-10H2,1-3H3. The minimum Gasteiger partial charge on any atom is -0.345 e. The zero-order valence-electron chi connectivity index (χ0n) is 13.2. The second-order valence-corrected chi connectivity index (χ2v) is 7.64. The molecular formula is C15H23N3O3S. The molecule has 1 aromatic carbocycles. The fourth-order valence-electron chi connectivity index (χ4n) is 2.45. The highest BCUT2D eigenvalue weighted by Gasteiger charge is 2.26. The fraction of sp³-hybridized carbons (Fsp3) is 0.533. The van der Waals surface area contributed by atoms with Gasteiger partial charge in [-0.1, -0.05) is 6.92 Å². The van der Waals surface area contributed by atoms with Crippen LogP contribution in [0.2, 0.25) is 0 Å². The molecule has 7 heteroatoms. The van der Waals surface area contributed by atoms with Gasteiger partial charge in [0.05, 0.1) is 4.90 Å². The summed E-state index contributed by atoms with van der Waals surface area (Å²) in [5.74, 6) is 0.146. The summed E-state index contributed by atoms with van der Waals surface area (Å²) in [6.45, 7) is 3.60. The van der Waals surface area contributed by atoms with Crippen LogP contribution in [0, 0.1) is 5.92 Å². The van der Waals surface area contributed by atoms with Crippen molar-refractivity contribution in [2.45, 2.75) is 24.3 Å². The molecule has 1 amide bonds. The molecule has 2 rings (SSSR count). The van der Waals surface area contributed by atoms with Gasteiger partial charge in [0, 0.05) is 32.2 Å². The maximum atomic E-state index is 12.4. The van der Waals surface area contributed by atoms with E-state index in [1.807, 2.05) is 6.92 Å². The van der Waals surface area contributed by atoms with E-state index in [2.05, 4.69) is 10.0 Å². The predicted molar refractivity (Wildman–Crippen MR) is 85.2 cm³/mol. The van der Waals surface area contributed by atoms with E-state index >= 15 is 0 Å². The van der Waals surface area contributed by atoms with Crippen LogP contribution in [0.4, 0.5) is 0 Å². The highest BCUT2D eigenvalue weighted by Crippen LogP contribution is 2.16. The Labute approximate surface area is 131 Å². The lowest BCUT2D eigenvalue weighted by Gasteiger charge is -2.30. The topological polar surface area (TPSA) is 78.5 Å². The SMILES string of the molecule is CC1CCNCC1NS(=O)(=O)c1ccc(C(=O)N(C)C)cc1. The van der Waals surface area contributed by atoms with Crippen LogP contribution >= 0.6 is 0 Å². The van der Waals surface area contributed by atoms with Crippen molar-refractivity contribution in [2.75, 3.05) is 27.2 Å². The van der Waals surface area contributed by atoms with Gasteiger partial charge in [0.2, 0.25) is 10.0 Å². The number of nitrogens with one attached hydrogen (secondary N) is 2. The first kappa shape index (κ1) is 16.9. The molecule has 1 heterocycles. The van der Waals surface area contributed by atoms with Gasteiger partial charge >= 0.3 is 0 Å². The minimum absolute atomic E-state index is 0.109. The molecule has 122 valence electrons. The number of piperidine rings is 1. The maximum Gasteiger partial charge on any atom is 0.253 e. The number of nitrogens with zero attached hydrogens (tertiary/aromatic N) is 1. The van der Waals surface area contributed by atoms with Crippen LogP contribution in [0.1, 0.15) is 23.7 Å². The van der Waals surface area contributed by atoms with Crippen molar-refractivity contribution in [3.05, 3.63) is 29.8 Å². The number of hydrogen-bond donors (Lipinski definition) is 2. The smallest absolute Gasteiger partial charge is 0.253 e. The average molecular weight is 325 g/mol. The molecule has 2 unspecified atom stereocenters. The second kappa shape index (κ2) is 6.76. The first-order valence-electron chi connectivity index (χ1n) is 7.36. The Hall–Kier alpha value is -1.44. The van der Waals surface area contributed by atoms with Gasteiger partial charge in [0.15, 0.2) is 0 Å². The van der Waals surface area contributed by atoms with Gasteiger partial charge in [-0.05, 0) is 43.1 Å². The summed E-state index contributed by atoms with van der Waals surface area (Å²) in [6, 6.07) is 5.92. The summed E-state index contributed by atoms with van der Waals surface area (Å²) in [5.41, 5.74) is 0.469. The van der Waals surface area contributed by atoms with Crippen molar-refractivity contribution < 1.29 is 13.2 Å². The number of carbonyl (C=O) groups excluding carboxylic acids is 1. The third-order valence-corrected chi connectivity index (χ3v) is 5.46. The Bertz CT molecular complexity index is 626. The van der Waals surface area contributed by atoms with E-state index in [1.165, 1.54) is 17.0 Å². The number of hydrogen-bond acceptors (Lipinski definition) is 4. The molecule has 1 fully saturated rings. The van der Waals surface area contributed by atoms with Crippen LogP contribution in [0.3, 0.4) is 0 Å². The van der Waals surface area contributed by atoms with Gasteiger partial charge in [0.1, 0.15) is 0 Å². The minimum atomic E-state index is -3.57. The summed E-state index contributed by atoms with van der Waals surface area (Å²) in [7, 11) is -0.253. The molecule has 0 spiro atoms. The van der Waals surface area contributed by atoms with Crippen molar-refractivity contribution in [1.82, 2.24) is 14.9 Å². The molecule has 22 heavy (non-hydrogen) atoms. The third-order valence-electron chi connectivity index (χ3n) is 3.95. The molecule has 0 radical (unpaired) electrons. The third kappa shape index (κ3) is 3.85. The fourth-order valence-corrected chi connectivity index (χ4v) is 3.79. The summed E-state index contributed by atoms with van der Waals surface area (Å²) >= 11 is 0. The predicted octanol–water partition coefficient (Wildman–Crippen LogP) is 0.665. The summed E-state index contributed by atoms with van der Waals surface area (Å²) in [6.07, 6.45) is 0.948. The molecule has 0 aliphatic carbocycles. The van der Waals surface area contributed by atoms with E-state index in [0.29, 0.717) is 18.0 Å². The van der Waals surface area contributed by atoms with E-state index in [1.54, 1.807) is 26.2 Å². The Morgan fingerprint density at radius 1 is 1.27 bits per heavy atom. The Morgan fingerprint density at radius 3 is 2.45 bits per heavy atom. The van der Waals surface area contributed by atoms with Gasteiger partial charge < -0.3 is 10.2 Å². The quantitative estimate of drug-likeness (QED) is 0.853. The van der Waals surface area contributed by atoms with Crippen molar-refractivity contribution in [3.8, 4) is 0 Å². The molecular weight excluding hydrogens is 302 g/mol. The number of benzene rings is 1. The van der Waals surface area contributed by atoms with Crippen molar-refractivity contribution >= 4 is 15.9 Å². The monoisotopic (exact) mass is 325 g/mol. The average Bonchev–Trinajstić information content (AvgIpc) is 2.49. The lowest BCUT2D eigenvalue weighted by atomic mass is 9.96. The number of amides is 1. The van der Waals surface area contributed by atoms with Gasteiger partial charge in [-0.25, -0.2) is 13.1 Å². The molecule has 6 nitrogen and oxygen atoms in total. The van der Waals surface area contributed by atoms with E-state index in [9.17, 15) is 13.2 Å². The van der Waals surface area contributed by atoms with Crippen LogP contribution in [-0.4, -0.2) is 52.5 Å². The number of rotatable bonds is 4. The van der Waals surface area contributed by atoms with Crippen LogP contribution < -0.4 is 10.0 Å². The molecule has 1 aromatic rings. The van der Waals surface area contributed by atoms with Crippen molar-refractivity contribution in [2.24, 2.45) is 5.92 Å². The molecule has 0 bridgehead atoms. The van der Waals surface area contributed by atoms with Gasteiger partial charge in [-0.3, -0.25) is 4.79 Å². The van der Waals surface area contributed by atoms with Crippen LogP contribution in [-0.2, 0) is 10.0 Å².